The molecule has 0 atom stereocenters. The van der Waals surface area contributed by atoms with Crippen molar-refractivity contribution in [2.45, 2.75) is 6.36 Å². The van der Waals surface area contributed by atoms with Crippen LogP contribution in [0.4, 0.5) is 19.0 Å². The van der Waals surface area contributed by atoms with Gasteiger partial charge in [-0.3, -0.25) is 0 Å². The molecule has 2 N–H and O–H groups in total. The van der Waals surface area contributed by atoms with E-state index in [4.69, 9.17) is 5.73 Å². The summed E-state index contributed by atoms with van der Waals surface area (Å²) >= 11 is 3.24. The van der Waals surface area contributed by atoms with E-state index in [1.807, 2.05) is 0 Å². The topological polar surface area (TPSA) is 48.1 Å². The van der Waals surface area contributed by atoms with Gasteiger partial charge in [-0.2, -0.15) is 0 Å². The summed E-state index contributed by atoms with van der Waals surface area (Å²) in [5.74, 6) is 0.0829. The van der Waals surface area contributed by atoms with Gasteiger partial charge in [0.15, 0.2) is 0 Å². The van der Waals surface area contributed by atoms with Crippen molar-refractivity contribution in [1.82, 2.24) is 4.98 Å². The molecule has 19 heavy (non-hydrogen) atoms. The zero-order valence-corrected chi connectivity index (χ0v) is 11.0. The summed E-state index contributed by atoms with van der Waals surface area (Å²) < 4.78 is 40.4. The molecule has 0 bridgehead atoms. The van der Waals surface area contributed by atoms with E-state index in [1.54, 1.807) is 12.3 Å². The third-order valence-electron chi connectivity index (χ3n) is 2.29. The van der Waals surface area contributed by atoms with E-state index in [-0.39, 0.29) is 5.75 Å². The Kier molecular flexibility index (Phi) is 3.66. The number of hydrogen-bond donors (Lipinski definition) is 1. The van der Waals surface area contributed by atoms with Crippen molar-refractivity contribution in [3.05, 3.63) is 41.0 Å². The molecule has 2 rings (SSSR count). The van der Waals surface area contributed by atoms with Gasteiger partial charge in [0, 0.05) is 11.8 Å². The summed E-state index contributed by atoms with van der Waals surface area (Å²) in [6.07, 6.45) is -3.15. The molecule has 0 unspecified atom stereocenters. The molecule has 0 aliphatic rings. The Hall–Kier alpha value is -1.76. The van der Waals surface area contributed by atoms with Crippen LogP contribution in [0, 0.1) is 0 Å². The number of nitrogen functional groups attached to an aromatic ring is 1. The molecule has 0 saturated carbocycles. The first kappa shape index (κ1) is 13.7. The summed E-state index contributed by atoms with van der Waals surface area (Å²) in [4.78, 5) is 3.96. The maximum absolute atomic E-state index is 12.0. The van der Waals surface area contributed by atoms with Gasteiger partial charge >= 0.3 is 6.36 Å². The van der Waals surface area contributed by atoms with Crippen molar-refractivity contribution in [1.29, 1.82) is 0 Å². The minimum Gasteiger partial charge on any atom is -0.406 e. The van der Waals surface area contributed by atoms with Crippen LogP contribution in [0.2, 0.25) is 0 Å². The number of nitrogens with two attached hydrogens (primary N) is 1. The Morgan fingerprint density at radius 3 is 2.26 bits per heavy atom. The summed E-state index contributed by atoms with van der Waals surface area (Å²) in [7, 11) is 0. The van der Waals surface area contributed by atoms with Crippen molar-refractivity contribution < 1.29 is 17.9 Å². The summed E-state index contributed by atoms with van der Waals surface area (Å²) in [6.45, 7) is 0. The van der Waals surface area contributed by atoms with Gasteiger partial charge in [-0.05, 0) is 39.7 Å². The first-order chi connectivity index (χ1) is 8.85. The number of alkyl halides is 3. The van der Waals surface area contributed by atoms with Gasteiger partial charge in [-0.1, -0.05) is 12.1 Å². The molecule has 0 aliphatic heterocycles. The highest BCUT2D eigenvalue weighted by Crippen LogP contribution is 2.28. The number of nitrogens with zero attached hydrogens (tertiary/aromatic N) is 1. The molecule has 0 radical (unpaired) electrons. The predicted octanol–water partition coefficient (Wildman–Crippen LogP) is 3.99. The second-order valence-electron chi connectivity index (χ2n) is 3.66. The number of anilines is 1. The number of benzene rings is 1. The van der Waals surface area contributed by atoms with Gasteiger partial charge in [0.1, 0.15) is 11.6 Å². The maximum Gasteiger partial charge on any atom is 0.573 e. The average molecular weight is 333 g/mol. The van der Waals surface area contributed by atoms with Crippen LogP contribution in [-0.2, 0) is 0 Å². The van der Waals surface area contributed by atoms with Crippen LogP contribution in [0.15, 0.2) is 41.0 Å². The van der Waals surface area contributed by atoms with Crippen LogP contribution in [0.25, 0.3) is 11.1 Å². The van der Waals surface area contributed by atoms with Gasteiger partial charge < -0.3 is 10.5 Å². The smallest absolute Gasteiger partial charge is 0.406 e. The van der Waals surface area contributed by atoms with Crippen molar-refractivity contribution in [2.75, 3.05) is 5.73 Å². The van der Waals surface area contributed by atoms with Gasteiger partial charge in [0.25, 0.3) is 0 Å². The SMILES string of the molecule is Nc1ncc(-c2ccc(OC(F)(F)F)cc2)cc1Br. The van der Waals surface area contributed by atoms with Crippen LogP contribution >= 0.6 is 15.9 Å². The lowest BCUT2D eigenvalue weighted by atomic mass is 10.1. The second kappa shape index (κ2) is 5.08. The fraction of sp³-hybridized carbons (Fsp3) is 0.0833. The molecule has 0 aliphatic carbocycles. The van der Waals surface area contributed by atoms with E-state index in [0.717, 1.165) is 5.56 Å². The maximum atomic E-state index is 12.0. The number of rotatable bonds is 2. The largest absolute Gasteiger partial charge is 0.573 e. The number of aromatic nitrogens is 1. The van der Waals surface area contributed by atoms with E-state index in [0.29, 0.717) is 15.9 Å². The molecule has 0 saturated heterocycles. The van der Waals surface area contributed by atoms with Crippen molar-refractivity contribution in [2.24, 2.45) is 0 Å². The molecule has 1 heterocycles. The van der Waals surface area contributed by atoms with Crippen LogP contribution < -0.4 is 10.5 Å². The van der Waals surface area contributed by atoms with Crippen LogP contribution in [0.1, 0.15) is 0 Å². The van der Waals surface area contributed by atoms with E-state index in [2.05, 4.69) is 25.7 Å². The van der Waals surface area contributed by atoms with E-state index in [1.165, 1.54) is 24.3 Å². The van der Waals surface area contributed by atoms with Crippen molar-refractivity contribution in [3.63, 3.8) is 0 Å². The Morgan fingerprint density at radius 2 is 1.74 bits per heavy atom. The number of hydrogen-bond acceptors (Lipinski definition) is 3. The summed E-state index contributed by atoms with van der Waals surface area (Å²) in [5.41, 5.74) is 7.00. The first-order valence-electron chi connectivity index (χ1n) is 5.12. The summed E-state index contributed by atoms with van der Waals surface area (Å²) in [6, 6.07) is 7.25. The molecule has 1 aromatic heterocycles. The monoisotopic (exact) mass is 332 g/mol. The highest BCUT2D eigenvalue weighted by atomic mass is 79.9. The van der Waals surface area contributed by atoms with Crippen LogP contribution in [0.3, 0.4) is 0 Å². The van der Waals surface area contributed by atoms with Gasteiger partial charge in [0.05, 0.1) is 4.47 Å². The lowest BCUT2D eigenvalue weighted by Gasteiger charge is -2.09. The molecular weight excluding hydrogens is 325 g/mol. The van der Waals surface area contributed by atoms with Crippen molar-refractivity contribution >= 4 is 21.7 Å². The molecular formula is C12H8BrF3N2O. The van der Waals surface area contributed by atoms with Gasteiger partial charge in [-0.15, -0.1) is 13.2 Å². The highest BCUT2D eigenvalue weighted by Gasteiger charge is 2.30. The van der Waals surface area contributed by atoms with Crippen LogP contribution in [0.5, 0.6) is 5.75 Å². The fourth-order valence-electron chi connectivity index (χ4n) is 1.46. The predicted molar refractivity (Wildman–Crippen MR) is 68.5 cm³/mol. The van der Waals surface area contributed by atoms with Crippen molar-refractivity contribution in [3.8, 4) is 16.9 Å². The molecule has 0 amide bonds. The average Bonchev–Trinajstić information content (AvgIpc) is 2.32. The Morgan fingerprint density at radius 1 is 1.11 bits per heavy atom. The van der Waals surface area contributed by atoms with E-state index < -0.39 is 6.36 Å². The normalized spacial score (nSPS) is 11.4. The zero-order chi connectivity index (χ0) is 14.0. The third-order valence-corrected chi connectivity index (χ3v) is 2.93. The molecule has 2 aromatic rings. The van der Waals surface area contributed by atoms with Crippen LogP contribution in [-0.4, -0.2) is 11.3 Å². The van der Waals surface area contributed by atoms with E-state index in [9.17, 15) is 13.2 Å². The third kappa shape index (κ3) is 3.60. The Bertz CT molecular complexity index is 585. The molecule has 100 valence electrons. The van der Waals surface area contributed by atoms with Gasteiger partial charge in [-0.25, -0.2) is 4.98 Å². The number of ether oxygens (including phenoxy) is 1. The molecule has 3 nitrogen and oxygen atoms in total. The quantitative estimate of drug-likeness (QED) is 0.904. The first-order valence-corrected chi connectivity index (χ1v) is 5.92. The van der Waals surface area contributed by atoms with Gasteiger partial charge in [0.2, 0.25) is 0 Å². The standard InChI is InChI=1S/C12H8BrF3N2O/c13-10-5-8(6-18-11(10)17)7-1-3-9(4-2-7)19-12(14,15)16/h1-6H,(H2,17,18). The lowest BCUT2D eigenvalue weighted by molar-refractivity contribution is -0.274. The minimum atomic E-state index is -4.69. The molecule has 0 fully saturated rings. The van der Waals surface area contributed by atoms with E-state index >= 15 is 0 Å². The Labute approximate surface area is 115 Å². The highest BCUT2D eigenvalue weighted by molar-refractivity contribution is 9.10. The zero-order valence-electron chi connectivity index (χ0n) is 9.41. The second-order valence-corrected chi connectivity index (χ2v) is 4.52. The fourth-order valence-corrected chi connectivity index (χ4v) is 1.80. The number of halogens is 4. The lowest BCUT2D eigenvalue weighted by Crippen LogP contribution is -2.16. The Balaban J connectivity index is 2.25. The summed E-state index contributed by atoms with van der Waals surface area (Å²) in [5, 5.41) is 0. The minimum absolute atomic E-state index is 0.265. The molecule has 7 heteroatoms. The molecule has 1 aromatic carbocycles. The molecule has 0 spiro atoms. The number of pyridine rings is 1.